The van der Waals surface area contributed by atoms with Crippen LogP contribution in [-0.2, 0) is 6.42 Å². The normalized spacial score (nSPS) is 12.8. The largest absolute Gasteiger partial charge is 0.0683 e. The van der Waals surface area contributed by atoms with E-state index in [9.17, 15) is 0 Å². The number of aryl methyl sites for hydroxylation is 1. The minimum Gasteiger partial charge on any atom is -0.0683 e. The van der Waals surface area contributed by atoms with Crippen molar-refractivity contribution < 1.29 is 0 Å². The molecule has 0 unspecified atom stereocenters. The van der Waals surface area contributed by atoms with Gasteiger partial charge in [0, 0.05) is 0 Å². The summed E-state index contributed by atoms with van der Waals surface area (Å²) in [7, 11) is 0. The lowest BCUT2D eigenvalue weighted by Crippen LogP contribution is -1.99. The van der Waals surface area contributed by atoms with Crippen LogP contribution in [0.15, 0.2) is 30.3 Å². The first-order valence-electron chi connectivity index (χ1n) is 9.37. The minimum atomic E-state index is 1.04. The maximum absolute atomic E-state index is 2.36. The summed E-state index contributed by atoms with van der Waals surface area (Å²) in [4.78, 5) is 0. The summed E-state index contributed by atoms with van der Waals surface area (Å²) < 4.78 is 0. The molecule has 0 radical (unpaired) electrons. The molecule has 0 nitrogen and oxygen atoms in total. The zero-order chi connectivity index (χ0) is 16.9. The van der Waals surface area contributed by atoms with Crippen LogP contribution in [0.4, 0.5) is 0 Å². The summed E-state index contributed by atoms with van der Waals surface area (Å²) >= 11 is 0. The Morgan fingerprint density at radius 1 is 0.762 bits per heavy atom. The van der Waals surface area contributed by atoms with Crippen LogP contribution >= 0.6 is 0 Å². The first-order chi connectivity index (χ1) is 10.3. The Labute approximate surface area is 136 Å². The topological polar surface area (TPSA) is 0 Å². The van der Waals surface area contributed by atoms with E-state index in [1.54, 1.807) is 0 Å². The Morgan fingerprint density at radius 2 is 1.19 bits per heavy atom. The molecular weight excluding hydrogens is 252 g/mol. The fourth-order valence-corrected chi connectivity index (χ4v) is 2.02. The quantitative estimate of drug-likeness (QED) is 0.493. The van der Waals surface area contributed by atoms with Gasteiger partial charge >= 0.3 is 0 Å². The number of hydrogen-bond donors (Lipinski definition) is 0. The molecule has 0 aliphatic heterocycles. The summed E-state index contributed by atoms with van der Waals surface area (Å²) in [5.41, 5.74) is 1.41. The van der Waals surface area contributed by atoms with Crippen LogP contribution in [0, 0.1) is 5.92 Å². The molecule has 0 heterocycles. The highest BCUT2D eigenvalue weighted by atomic mass is 14.1. The fourth-order valence-electron chi connectivity index (χ4n) is 2.02. The predicted octanol–water partition coefficient (Wildman–Crippen LogP) is 7.91. The molecule has 1 aliphatic carbocycles. The van der Waals surface area contributed by atoms with E-state index in [1.165, 1.54) is 37.7 Å². The summed E-state index contributed by atoms with van der Waals surface area (Å²) in [6.45, 7) is 16.5. The van der Waals surface area contributed by atoms with E-state index in [1.807, 2.05) is 47.6 Å². The molecule has 126 valence electrons. The van der Waals surface area contributed by atoms with Crippen LogP contribution < -0.4 is 0 Å². The summed E-state index contributed by atoms with van der Waals surface area (Å²) in [6, 6.07) is 10.5. The second-order valence-corrected chi connectivity index (χ2v) is 4.58. The minimum absolute atomic E-state index is 1.04. The molecule has 0 atom stereocenters. The molecule has 0 saturated heterocycles. The van der Waals surface area contributed by atoms with Crippen molar-refractivity contribution in [3.63, 3.8) is 0 Å². The van der Waals surface area contributed by atoms with Gasteiger partial charge < -0.3 is 0 Å². The molecule has 2 rings (SSSR count). The van der Waals surface area contributed by atoms with Gasteiger partial charge in [-0.25, -0.2) is 0 Å². The van der Waals surface area contributed by atoms with Gasteiger partial charge in [-0.2, -0.15) is 0 Å². The van der Waals surface area contributed by atoms with Crippen LogP contribution in [0.5, 0.6) is 0 Å². The van der Waals surface area contributed by atoms with Crippen molar-refractivity contribution >= 4 is 0 Å². The van der Waals surface area contributed by atoms with Crippen molar-refractivity contribution in [1.29, 1.82) is 0 Å². The van der Waals surface area contributed by atoms with E-state index in [4.69, 9.17) is 0 Å². The molecule has 0 N–H and O–H groups in total. The molecule has 0 aromatic heterocycles. The lowest BCUT2D eigenvalue weighted by Gasteiger charge is -2.15. The third-order valence-electron chi connectivity index (χ3n) is 3.14. The average Bonchev–Trinajstić information content (AvgIpc) is 2.62. The van der Waals surface area contributed by atoms with E-state index in [-0.39, 0.29) is 0 Å². The van der Waals surface area contributed by atoms with Gasteiger partial charge in [-0.3, -0.25) is 0 Å². The van der Waals surface area contributed by atoms with Crippen LogP contribution in [-0.4, -0.2) is 0 Å². The zero-order valence-electron chi connectivity index (χ0n) is 16.2. The van der Waals surface area contributed by atoms with Crippen molar-refractivity contribution in [3.05, 3.63) is 35.9 Å². The van der Waals surface area contributed by atoms with Gasteiger partial charge in [0.2, 0.25) is 0 Å². The van der Waals surface area contributed by atoms with Gasteiger partial charge in [0.05, 0.1) is 0 Å². The van der Waals surface area contributed by atoms with E-state index in [0.717, 1.165) is 12.3 Å². The maximum Gasteiger partial charge on any atom is -0.0307 e. The fraction of sp³-hybridized carbons (Fsp3) is 0.714. The van der Waals surface area contributed by atoms with Gasteiger partial charge in [-0.05, 0) is 17.9 Å². The maximum atomic E-state index is 2.36. The molecule has 1 aliphatic rings. The van der Waals surface area contributed by atoms with Gasteiger partial charge in [0.25, 0.3) is 0 Å². The molecule has 1 aromatic rings. The standard InChI is InChI=1S/C8H10.C7H14.3C2H6/c1-2-8-6-4-3-5-7-8;1-7-5-3-2-4-6-7;3*1-2/h3-7H,2H2,1H3;7H,2-6H2,1H3;3*1-2H3. The average molecular weight is 295 g/mol. The van der Waals surface area contributed by atoms with Gasteiger partial charge in [0.1, 0.15) is 0 Å². The molecule has 1 fully saturated rings. The predicted molar refractivity (Wildman–Crippen MR) is 102 cm³/mol. The van der Waals surface area contributed by atoms with E-state index in [0.29, 0.717) is 0 Å². The lowest BCUT2D eigenvalue weighted by atomic mass is 9.91. The highest BCUT2D eigenvalue weighted by Gasteiger charge is 2.05. The first-order valence-corrected chi connectivity index (χ1v) is 9.37. The van der Waals surface area contributed by atoms with Gasteiger partial charge in [-0.1, -0.05) is 118 Å². The second kappa shape index (κ2) is 24.3. The third-order valence-corrected chi connectivity index (χ3v) is 3.14. The molecule has 0 spiro atoms. The van der Waals surface area contributed by atoms with Crippen molar-refractivity contribution in [2.45, 2.75) is 93.9 Å². The van der Waals surface area contributed by atoms with Crippen molar-refractivity contribution in [2.24, 2.45) is 5.92 Å². The lowest BCUT2D eigenvalue weighted by molar-refractivity contribution is 0.385. The number of benzene rings is 1. The second-order valence-electron chi connectivity index (χ2n) is 4.58. The molecule has 21 heavy (non-hydrogen) atoms. The van der Waals surface area contributed by atoms with Crippen LogP contribution in [0.2, 0.25) is 0 Å². The van der Waals surface area contributed by atoms with Gasteiger partial charge in [0.15, 0.2) is 0 Å². The van der Waals surface area contributed by atoms with Gasteiger partial charge in [-0.15, -0.1) is 0 Å². The monoisotopic (exact) mass is 294 g/mol. The molecule has 1 saturated carbocycles. The highest BCUT2D eigenvalue weighted by Crippen LogP contribution is 2.22. The summed E-state index contributed by atoms with van der Waals surface area (Å²) in [5, 5.41) is 0. The molecule has 0 bridgehead atoms. The summed E-state index contributed by atoms with van der Waals surface area (Å²) in [5.74, 6) is 1.04. The van der Waals surface area contributed by atoms with E-state index < -0.39 is 0 Å². The Bertz CT molecular complexity index is 231. The van der Waals surface area contributed by atoms with Crippen molar-refractivity contribution in [1.82, 2.24) is 0 Å². The highest BCUT2D eigenvalue weighted by molar-refractivity contribution is 5.13. The smallest absolute Gasteiger partial charge is 0.0307 e. The molecule has 0 amide bonds. The third kappa shape index (κ3) is 19.2. The molecule has 1 aromatic carbocycles. The molecule has 0 heteroatoms. The van der Waals surface area contributed by atoms with Crippen molar-refractivity contribution in [3.8, 4) is 0 Å². The van der Waals surface area contributed by atoms with Crippen LogP contribution in [0.3, 0.4) is 0 Å². The Morgan fingerprint density at radius 3 is 1.43 bits per heavy atom. The van der Waals surface area contributed by atoms with E-state index >= 15 is 0 Å². The van der Waals surface area contributed by atoms with Crippen LogP contribution in [0.1, 0.15) is 93.1 Å². The molecular formula is C21H42. The summed E-state index contributed by atoms with van der Waals surface area (Å²) in [6.07, 6.45) is 8.58. The first kappa shape index (κ1) is 25.2. The number of hydrogen-bond acceptors (Lipinski definition) is 0. The van der Waals surface area contributed by atoms with E-state index in [2.05, 4.69) is 38.1 Å². The SMILES string of the molecule is CC.CC.CC.CC1CCCCC1.CCc1ccccc1. The Balaban J connectivity index is -0.000000229. The number of rotatable bonds is 1. The van der Waals surface area contributed by atoms with Crippen LogP contribution in [0.25, 0.3) is 0 Å². The van der Waals surface area contributed by atoms with Crippen molar-refractivity contribution in [2.75, 3.05) is 0 Å². The Hall–Kier alpha value is -0.780. The zero-order valence-corrected chi connectivity index (χ0v) is 16.2. The Kier molecular flexibility index (Phi) is 29.1.